The van der Waals surface area contributed by atoms with Crippen LogP contribution >= 0.6 is 0 Å². The summed E-state index contributed by atoms with van der Waals surface area (Å²) in [5.74, 6) is 0.244. The van der Waals surface area contributed by atoms with E-state index >= 15 is 0 Å². The number of nitrogens with zero attached hydrogens (tertiary/aromatic N) is 3. The molecule has 268 valence electrons. The van der Waals surface area contributed by atoms with Crippen LogP contribution in [0, 0.1) is 0 Å². The summed E-state index contributed by atoms with van der Waals surface area (Å²) in [7, 11) is 1.63. The number of halogens is 3. The number of amides is 2. The molecule has 6 nitrogen and oxygen atoms in total. The van der Waals surface area contributed by atoms with Gasteiger partial charge in [0.1, 0.15) is 11.8 Å². The van der Waals surface area contributed by atoms with Gasteiger partial charge in [-0.15, -0.1) is 0 Å². The summed E-state index contributed by atoms with van der Waals surface area (Å²) >= 11 is 0. The Morgan fingerprint density at radius 2 is 1.45 bits per heavy atom. The van der Waals surface area contributed by atoms with Gasteiger partial charge in [-0.2, -0.15) is 13.2 Å². The standard InChI is InChI=1S/C42H46F3N3O3/c1-3-4-6-9-32-12-14-35(15-13-32)31-48(40(49)25-18-33-16-19-36(20-17-33)42(43,44)45)39(30-34-10-7-5-8-11-34)41(50)47-28-26-46(27-29-47)37-21-23-38(51-2)24-22-37/h5,7-8,10-25,39H,3-4,6,9,26-31H2,1-2H3/t39-/m0/s1. The number of aryl methyl sites for hydroxylation is 1. The van der Waals surface area contributed by atoms with Crippen LogP contribution in [0.4, 0.5) is 18.9 Å². The van der Waals surface area contributed by atoms with Crippen LogP contribution in [0.3, 0.4) is 0 Å². The average Bonchev–Trinajstić information content (AvgIpc) is 3.16. The molecule has 0 unspecified atom stereocenters. The molecule has 0 bridgehead atoms. The minimum absolute atomic E-state index is 0.138. The Morgan fingerprint density at radius 3 is 2.06 bits per heavy atom. The molecule has 1 saturated heterocycles. The van der Waals surface area contributed by atoms with Gasteiger partial charge in [-0.05, 0) is 77.6 Å². The first-order valence-electron chi connectivity index (χ1n) is 17.6. The van der Waals surface area contributed by atoms with Crippen molar-refractivity contribution in [1.29, 1.82) is 0 Å². The highest BCUT2D eigenvalue weighted by Crippen LogP contribution is 2.29. The Morgan fingerprint density at radius 1 is 0.804 bits per heavy atom. The van der Waals surface area contributed by atoms with Gasteiger partial charge in [0.2, 0.25) is 11.8 Å². The number of ether oxygens (including phenoxy) is 1. The van der Waals surface area contributed by atoms with Crippen LogP contribution in [0.1, 0.15) is 54.0 Å². The van der Waals surface area contributed by atoms with Gasteiger partial charge in [0, 0.05) is 50.9 Å². The lowest BCUT2D eigenvalue weighted by atomic mass is 10.0. The summed E-state index contributed by atoms with van der Waals surface area (Å²) < 4.78 is 44.8. The van der Waals surface area contributed by atoms with Gasteiger partial charge in [0.15, 0.2) is 0 Å². The lowest BCUT2D eigenvalue weighted by molar-refractivity contribution is -0.144. The Hall–Kier alpha value is -5.05. The number of piperazine rings is 1. The van der Waals surface area contributed by atoms with Crippen LogP contribution in [0.2, 0.25) is 0 Å². The molecule has 0 aliphatic carbocycles. The van der Waals surface area contributed by atoms with Crippen LogP contribution in [0.25, 0.3) is 6.08 Å². The summed E-state index contributed by atoms with van der Waals surface area (Å²) in [5.41, 5.74) is 3.77. The van der Waals surface area contributed by atoms with E-state index in [1.54, 1.807) is 12.0 Å². The topological polar surface area (TPSA) is 53.1 Å². The number of carbonyl (C=O) groups excluding carboxylic acids is 2. The number of methoxy groups -OCH3 is 1. The molecule has 9 heteroatoms. The number of benzene rings is 4. The summed E-state index contributed by atoms with van der Waals surface area (Å²) in [6.07, 6.45) is 3.10. The number of anilines is 1. The van der Waals surface area contributed by atoms with Gasteiger partial charge in [0.25, 0.3) is 0 Å². The van der Waals surface area contributed by atoms with E-state index in [0.717, 1.165) is 60.4 Å². The number of unbranched alkanes of at least 4 members (excludes halogenated alkanes) is 2. The van der Waals surface area contributed by atoms with Crippen molar-refractivity contribution in [2.24, 2.45) is 0 Å². The Labute approximate surface area is 299 Å². The predicted molar refractivity (Wildman–Crippen MR) is 196 cm³/mol. The van der Waals surface area contributed by atoms with E-state index in [1.807, 2.05) is 71.6 Å². The van der Waals surface area contributed by atoms with Gasteiger partial charge in [0.05, 0.1) is 12.7 Å². The van der Waals surface area contributed by atoms with Crippen molar-refractivity contribution in [3.05, 3.63) is 137 Å². The highest BCUT2D eigenvalue weighted by atomic mass is 19.4. The lowest BCUT2D eigenvalue weighted by Gasteiger charge is -2.40. The van der Waals surface area contributed by atoms with Crippen molar-refractivity contribution >= 4 is 23.6 Å². The molecule has 4 aromatic rings. The molecule has 51 heavy (non-hydrogen) atoms. The zero-order valence-corrected chi connectivity index (χ0v) is 29.3. The van der Waals surface area contributed by atoms with E-state index < -0.39 is 23.7 Å². The zero-order valence-electron chi connectivity index (χ0n) is 29.3. The smallest absolute Gasteiger partial charge is 0.416 e. The second-order valence-electron chi connectivity index (χ2n) is 12.9. The molecule has 5 rings (SSSR count). The second-order valence-corrected chi connectivity index (χ2v) is 12.9. The number of hydrogen-bond acceptors (Lipinski definition) is 4. The molecule has 0 saturated carbocycles. The van der Waals surface area contributed by atoms with E-state index in [9.17, 15) is 22.8 Å². The lowest BCUT2D eigenvalue weighted by Crippen LogP contribution is -2.56. The van der Waals surface area contributed by atoms with Crippen LogP contribution in [-0.2, 0) is 35.2 Å². The van der Waals surface area contributed by atoms with Crippen molar-refractivity contribution in [3.8, 4) is 5.75 Å². The van der Waals surface area contributed by atoms with E-state index in [0.29, 0.717) is 38.2 Å². The molecule has 1 aliphatic rings. The maximum absolute atomic E-state index is 14.5. The highest BCUT2D eigenvalue weighted by Gasteiger charge is 2.34. The largest absolute Gasteiger partial charge is 0.497 e. The Balaban J connectivity index is 1.41. The fraction of sp³-hybridized carbons (Fsp3) is 0.333. The van der Waals surface area contributed by atoms with Crippen LogP contribution < -0.4 is 9.64 Å². The van der Waals surface area contributed by atoms with Gasteiger partial charge in [-0.25, -0.2) is 0 Å². The maximum atomic E-state index is 14.5. The molecular formula is C42H46F3N3O3. The number of rotatable bonds is 14. The second kappa shape index (κ2) is 17.7. The van der Waals surface area contributed by atoms with Gasteiger partial charge >= 0.3 is 6.18 Å². The van der Waals surface area contributed by atoms with Gasteiger partial charge in [-0.3, -0.25) is 9.59 Å². The summed E-state index contributed by atoms with van der Waals surface area (Å²) in [4.78, 5) is 34.4. The molecule has 1 atom stereocenters. The molecule has 1 heterocycles. The average molecular weight is 698 g/mol. The predicted octanol–water partition coefficient (Wildman–Crippen LogP) is 8.45. The summed E-state index contributed by atoms with van der Waals surface area (Å²) in [5, 5.41) is 0. The highest BCUT2D eigenvalue weighted by molar-refractivity contribution is 5.96. The van der Waals surface area contributed by atoms with Crippen molar-refractivity contribution in [2.45, 2.75) is 57.8 Å². The third-order valence-corrected chi connectivity index (χ3v) is 9.35. The minimum atomic E-state index is -4.45. The monoisotopic (exact) mass is 697 g/mol. The van der Waals surface area contributed by atoms with Crippen LogP contribution in [0.15, 0.2) is 109 Å². The zero-order chi connectivity index (χ0) is 36.2. The van der Waals surface area contributed by atoms with Crippen molar-refractivity contribution < 1.29 is 27.5 Å². The van der Waals surface area contributed by atoms with E-state index in [4.69, 9.17) is 4.74 Å². The molecule has 0 aromatic heterocycles. The number of hydrogen-bond donors (Lipinski definition) is 0. The van der Waals surface area contributed by atoms with Gasteiger partial charge < -0.3 is 19.4 Å². The van der Waals surface area contributed by atoms with Gasteiger partial charge in [-0.1, -0.05) is 86.5 Å². The number of carbonyl (C=O) groups is 2. The Bertz CT molecular complexity index is 1720. The van der Waals surface area contributed by atoms with E-state index in [2.05, 4.69) is 24.0 Å². The van der Waals surface area contributed by atoms with E-state index in [1.165, 1.54) is 29.8 Å². The molecule has 0 spiro atoms. The van der Waals surface area contributed by atoms with Crippen molar-refractivity contribution in [1.82, 2.24) is 9.80 Å². The summed E-state index contributed by atoms with van der Waals surface area (Å²) in [6, 6.07) is 29.5. The molecule has 0 N–H and O–H groups in total. The third-order valence-electron chi connectivity index (χ3n) is 9.35. The van der Waals surface area contributed by atoms with Crippen LogP contribution in [0.5, 0.6) is 5.75 Å². The molecule has 4 aromatic carbocycles. The first-order chi connectivity index (χ1) is 24.6. The quantitative estimate of drug-likeness (QED) is 0.0981. The fourth-order valence-corrected chi connectivity index (χ4v) is 6.33. The summed E-state index contributed by atoms with van der Waals surface area (Å²) in [6.45, 7) is 4.63. The van der Waals surface area contributed by atoms with E-state index in [-0.39, 0.29) is 12.5 Å². The minimum Gasteiger partial charge on any atom is -0.497 e. The molecule has 1 aliphatic heterocycles. The molecule has 0 radical (unpaired) electrons. The maximum Gasteiger partial charge on any atom is 0.416 e. The first-order valence-corrected chi connectivity index (χ1v) is 17.6. The normalized spacial score (nSPS) is 14.1. The molecule has 1 fully saturated rings. The first kappa shape index (κ1) is 37.2. The molecule has 2 amide bonds. The third kappa shape index (κ3) is 10.5. The van der Waals surface area contributed by atoms with Crippen molar-refractivity contribution in [2.75, 3.05) is 38.2 Å². The molecular weight excluding hydrogens is 651 g/mol. The van der Waals surface area contributed by atoms with Crippen molar-refractivity contribution in [3.63, 3.8) is 0 Å². The number of alkyl halides is 3. The SMILES string of the molecule is CCCCCc1ccc(CN(C(=O)C=Cc2ccc(C(F)(F)F)cc2)[C@@H](Cc2ccccc2)C(=O)N2CCN(c3ccc(OC)cc3)CC2)cc1. The van der Waals surface area contributed by atoms with Crippen LogP contribution in [-0.4, -0.2) is 60.9 Å². The Kier molecular flexibility index (Phi) is 12.9. The fourth-order valence-electron chi connectivity index (χ4n) is 6.33.